The second-order valence-corrected chi connectivity index (χ2v) is 7.78. The van der Waals surface area contributed by atoms with Crippen LogP contribution in [-0.2, 0) is 17.6 Å². The molecule has 2 aliphatic rings. The summed E-state index contributed by atoms with van der Waals surface area (Å²) in [6.07, 6.45) is 4.02. The first kappa shape index (κ1) is 18.7. The van der Waals surface area contributed by atoms with E-state index in [0.717, 1.165) is 36.1 Å². The molecule has 0 radical (unpaired) electrons. The van der Waals surface area contributed by atoms with Crippen molar-refractivity contribution in [3.05, 3.63) is 46.5 Å². The SMILES string of the molecule is Cc1cccc(F)c1-n1nc(C(=O)N2CCC(CC(=O)O)CC2)c2c1CCC2. The van der Waals surface area contributed by atoms with E-state index in [2.05, 4.69) is 5.10 Å². The Kier molecular flexibility index (Phi) is 4.91. The van der Waals surface area contributed by atoms with E-state index in [-0.39, 0.29) is 24.1 Å². The average molecular weight is 385 g/mol. The summed E-state index contributed by atoms with van der Waals surface area (Å²) in [5, 5.41) is 13.5. The molecule has 0 spiro atoms. The van der Waals surface area contributed by atoms with Crippen LogP contribution in [0.1, 0.15) is 53.0 Å². The molecule has 28 heavy (non-hydrogen) atoms. The Labute approximate surface area is 163 Å². The number of aryl methyl sites for hydroxylation is 1. The third-order valence-electron chi connectivity index (χ3n) is 5.90. The third-order valence-corrected chi connectivity index (χ3v) is 5.90. The van der Waals surface area contributed by atoms with E-state index in [9.17, 15) is 14.0 Å². The predicted molar refractivity (Wildman–Crippen MR) is 101 cm³/mol. The summed E-state index contributed by atoms with van der Waals surface area (Å²) in [6, 6.07) is 4.93. The third kappa shape index (κ3) is 3.30. The highest BCUT2D eigenvalue weighted by atomic mass is 19.1. The minimum atomic E-state index is -0.790. The summed E-state index contributed by atoms with van der Waals surface area (Å²) in [5.41, 5.74) is 3.48. The Balaban J connectivity index is 1.61. The van der Waals surface area contributed by atoms with Gasteiger partial charge in [0, 0.05) is 30.8 Å². The van der Waals surface area contributed by atoms with Gasteiger partial charge >= 0.3 is 5.97 Å². The van der Waals surface area contributed by atoms with E-state index < -0.39 is 5.97 Å². The molecule has 1 aliphatic carbocycles. The van der Waals surface area contributed by atoms with Gasteiger partial charge in [0.05, 0.1) is 0 Å². The molecule has 1 aromatic heterocycles. The summed E-state index contributed by atoms with van der Waals surface area (Å²) in [4.78, 5) is 25.8. The Morgan fingerprint density at radius 2 is 2.00 bits per heavy atom. The highest BCUT2D eigenvalue weighted by molar-refractivity contribution is 5.94. The van der Waals surface area contributed by atoms with Gasteiger partial charge < -0.3 is 10.0 Å². The topological polar surface area (TPSA) is 75.4 Å². The molecule has 1 N–H and O–H groups in total. The van der Waals surface area contributed by atoms with Crippen molar-refractivity contribution < 1.29 is 19.1 Å². The molecule has 1 aromatic carbocycles. The summed E-state index contributed by atoms with van der Waals surface area (Å²) in [7, 11) is 0. The van der Waals surface area contributed by atoms with Gasteiger partial charge in [0.1, 0.15) is 11.5 Å². The van der Waals surface area contributed by atoms with E-state index in [1.165, 1.54) is 6.07 Å². The van der Waals surface area contributed by atoms with Crippen LogP contribution >= 0.6 is 0 Å². The second-order valence-electron chi connectivity index (χ2n) is 7.78. The quantitative estimate of drug-likeness (QED) is 0.877. The van der Waals surface area contributed by atoms with Crippen molar-refractivity contribution in [1.82, 2.24) is 14.7 Å². The highest BCUT2D eigenvalue weighted by Crippen LogP contribution is 2.31. The predicted octanol–water partition coefficient (Wildman–Crippen LogP) is 3.14. The number of likely N-dealkylation sites (tertiary alicyclic amines) is 1. The Hall–Kier alpha value is -2.70. The van der Waals surface area contributed by atoms with Crippen molar-refractivity contribution in [3.63, 3.8) is 0 Å². The van der Waals surface area contributed by atoms with Crippen molar-refractivity contribution in [2.45, 2.75) is 45.4 Å². The minimum absolute atomic E-state index is 0.117. The van der Waals surface area contributed by atoms with Gasteiger partial charge in [-0.1, -0.05) is 12.1 Å². The summed E-state index contributed by atoms with van der Waals surface area (Å²) >= 11 is 0. The molecule has 0 saturated carbocycles. The number of carboxylic acid groups (broad SMARTS) is 1. The van der Waals surface area contributed by atoms with Gasteiger partial charge in [0.25, 0.3) is 5.91 Å². The number of aromatic nitrogens is 2. The molecule has 1 fully saturated rings. The Morgan fingerprint density at radius 1 is 1.25 bits per heavy atom. The number of aliphatic carboxylic acids is 1. The van der Waals surface area contributed by atoms with Crippen LogP contribution in [0.2, 0.25) is 0 Å². The maximum Gasteiger partial charge on any atom is 0.303 e. The number of halogens is 1. The van der Waals surface area contributed by atoms with Gasteiger partial charge in [0.15, 0.2) is 5.69 Å². The zero-order chi connectivity index (χ0) is 19.8. The smallest absolute Gasteiger partial charge is 0.303 e. The first-order chi connectivity index (χ1) is 13.5. The number of nitrogens with zero attached hydrogens (tertiary/aromatic N) is 3. The molecule has 0 bridgehead atoms. The van der Waals surface area contributed by atoms with Gasteiger partial charge in [-0.15, -0.1) is 0 Å². The standard InChI is InChI=1S/C21H24FN3O3/c1-13-4-2-6-16(22)20(13)25-17-7-3-5-15(17)19(23-25)21(28)24-10-8-14(9-11-24)12-18(26)27/h2,4,6,14H,3,5,7-12H2,1H3,(H,26,27). The number of rotatable bonds is 4. The maximum absolute atomic E-state index is 14.5. The van der Waals surface area contributed by atoms with Crippen LogP contribution in [0.25, 0.3) is 5.69 Å². The van der Waals surface area contributed by atoms with E-state index in [1.54, 1.807) is 15.6 Å². The zero-order valence-corrected chi connectivity index (χ0v) is 15.9. The number of carboxylic acids is 1. The fourth-order valence-corrected chi connectivity index (χ4v) is 4.42. The lowest BCUT2D eigenvalue weighted by Gasteiger charge is -2.31. The van der Waals surface area contributed by atoms with Crippen molar-refractivity contribution in [2.24, 2.45) is 5.92 Å². The lowest BCUT2D eigenvalue weighted by Crippen LogP contribution is -2.39. The summed E-state index contributed by atoms with van der Waals surface area (Å²) in [5.74, 6) is -1.14. The zero-order valence-electron chi connectivity index (χ0n) is 15.9. The number of amides is 1. The first-order valence-corrected chi connectivity index (χ1v) is 9.83. The number of carbonyl (C=O) groups is 2. The summed E-state index contributed by atoms with van der Waals surface area (Å²) < 4.78 is 16.1. The van der Waals surface area contributed by atoms with Gasteiger partial charge in [-0.3, -0.25) is 9.59 Å². The Bertz CT molecular complexity index is 909. The minimum Gasteiger partial charge on any atom is -0.481 e. The number of piperidine rings is 1. The molecule has 1 aliphatic heterocycles. The molecular formula is C21H24FN3O3. The van der Waals surface area contributed by atoms with Gasteiger partial charge in [-0.05, 0) is 56.6 Å². The lowest BCUT2D eigenvalue weighted by atomic mass is 9.93. The van der Waals surface area contributed by atoms with Crippen LogP contribution < -0.4 is 0 Å². The van der Waals surface area contributed by atoms with Crippen molar-refractivity contribution in [2.75, 3.05) is 13.1 Å². The molecule has 4 rings (SSSR count). The molecule has 1 amide bonds. The largest absolute Gasteiger partial charge is 0.481 e. The van der Waals surface area contributed by atoms with Crippen LogP contribution in [0.15, 0.2) is 18.2 Å². The number of para-hydroxylation sites is 1. The number of carbonyl (C=O) groups excluding carboxylic acids is 1. The molecule has 0 unspecified atom stereocenters. The van der Waals surface area contributed by atoms with Gasteiger partial charge in [-0.2, -0.15) is 5.10 Å². The average Bonchev–Trinajstić information content (AvgIpc) is 3.25. The number of hydrogen-bond donors (Lipinski definition) is 1. The normalized spacial score (nSPS) is 17.0. The van der Waals surface area contributed by atoms with E-state index in [0.29, 0.717) is 37.3 Å². The Morgan fingerprint density at radius 3 is 2.68 bits per heavy atom. The highest BCUT2D eigenvalue weighted by Gasteiger charge is 2.32. The van der Waals surface area contributed by atoms with Gasteiger partial charge in [0.2, 0.25) is 0 Å². The van der Waals surface area contributed by atoms with Crippen molar-refractivity contribution in [1.29, 1.82) is 0 Å². The summed E-state index contributed by atoms with van der Waals surface area (Å²) in [6.45, 7) is 2.92. The van der Waals surface area contributed by atoms with Crippen LogP contribution in [0, 0.1) is 18.7 Å². The molecule has 2 heterocycles. The van der Waals surface area contributed by atoms with Crippen molar-refractivity contribution in [3.8, 4) is 5.69 Å². The van der Waals surface area contributed by atoms with Crippen LogP contribution in [0.5, 0.6) is 0 Å². The fraction of sp³-hybridized carbons (Fsp3) is 0.476. The first-order valence-electron chi connectivity index (χ1n) is 9.83. The molecule has 6 nitrogen and oxygen atoms in total. The number of fused-ring (bicyclic) bond motifs is 1. The van der Waals surface area contributed by atoms with Gasteiger partial charge in [-0.25, -0.2) is 9.07 Å². The van der Waals surface area contributed by atoms with E-state index in [4.69, 9.17) is 5.11 Å². The molecule has 7 heteroatoms. The molecule has 0 atom stereocenters. The second kappa shape index (κ2) is 7.37. The van der Waals surface area contributed by atoms with E-state index >= 15 is 0 Å². The van der Waals surface area contributed by atoms with E-state index in [1.807, 2.05) is 13.0 Å². The van der Waals surface area contributed by atoms with Crippen molar-refractivity contribution >= 4 is 11.9 Å². The molecule has 148 valence electrons. The fourth-order valence-electron chi connectivity index (χ4n) is 4.42. The molecule has 2 aromatic rings. The molecular weight excluding hydrogens is 361 g/mol. The lowest BCUT2D eigenvalue weighted by molar-refractivity contribution is -0.138. The molecule has 1 saturated heterocycles. The number of hydrogen-bond acceptors (Lipinski definition) is 3. The monoisotopic (exact) mass is 385 g/mol. The van der Waals surface area contributed by atoms with Crippen LogP contribution in [0.4, 0.5) is 4.39 Å². The maximum atomic E-state index is 14.5. The van der Waals surface area contributed by atoms with Crippen LogP contribution in [-0.4, -0.2) is 44.8 Å². The van der Waals surface area contributed by atoms with Crippen LogP contribution in [0.3, 0.4) is 0 Å². The number of benzene rings is 1.